The molecule has 0 N–H and O–H groups in total. The Morgan fingerprint density at radius 3 is 2.25 bits per heavy atom. The number of rotatable bonds is 1. The Balaban J connectivity index is 0.000000601. The van der Waals surface area contributed by atoms with E-state index < -0.39 is 0 Å². The second kappa shape index (κ2) is 10.3. The fourth-order valence-corrected chi connectivity index (χ4v) is 3.96. The van der Waals surface area contributed by atoms with Gasteiger partial charge in [0.1, 0.15) is 0 Å². The minimum atomic E-state index is 0. The Labute approximate surface area is 197 Å². The van der Waals surface area contributed by atoms with Crippen LogP contribution in [0, 0.1) is 11.5 Å². The molecule has 0 fully saturated rings. The predicted octanol–water partition coefficient (Wildman–Crippen LogP) is 0.655. The summed E-state index contributed by atoms with van der Waals surface area (Å²) in [5.41, 5.74) is 8.78. The molecule has 146 valence electrons. The van der Waals surface area contributed by atoms with Crippen molar-refractivity contribution in [3.8, 4) is 11.1 Å². The molecule has 2 aromatic carbocycles. The van der Waals surface area contributed by atoms with Crippen LogP contribution in [-0.2, 0) is 24.2 Å². The molecule has 2 aliphatic rings. The van der Waals surface area contributed by atoms with Gasteiger partial charge >= 0.3 is 41.3 Å². The molecule has 0 amide bonds. The fourth-order valence-electron chi connectivity index (χ4n) is 3.96. The van der Waals surface area contributed by atoms with Gasteiger partial charge in [-0.05, 0) is 23.0 Å². The van der Waals surface area contributed by atoms with Crippen LogP contribution in [0.1, 0.15) is 58.1 Å². The van der Waals surface area contributed by atoms with Crippen LogP contribution >= 0.6 is 0 Å². The first-order chi connectivity index (χ1) is 12.3. The second-order valence-corrected chi connectivity index (χ2v) is 10.8. The second-order valence-electron chi connectivity index (χ2n) is 8.31. The molecule has 1 unspecified atom stereocenters. The molecule has 0 aliphatic heterocycles. The zero-order chi connectivity index (χ0) is 18.9. The number of fused-ring (bicyclic) bond motifs is 3. The van der Waals surface area contributed by atoms with Crippen molar-refractivity contribution in [2.45, 2.75) is 47.0 Å². The van der Waals surface area contributed by atoms with Gasteiger partial charge in [0.2, 0.25) is 0 Å². The Morgan fingerprint density at radius 1 is 1.00 bits per heavy atom. The van der Waals surface area contributed by atoms with Crippen LogP contribution in [0.5, 0.6) is 0 Å². The molecule has 28 heavy (non-hydrogen) atoms. The first kappa shape index (κ1) is 25.3. The topological polar surface area (TPSA) is 0 Å². The molecule has 0 radical (unpaired) electrons. The van der Waals surface area contributed by atoms with Gasteiger partial charge in [0, 0.05) is 5.92 Å². The SMILES string of the molecule is CC(C)(C)C1=C(C2c3[c-]cccc3-c3ccccc32)CC=C1.C[C](C)=[Zr+2].[Cl-].[Cl-]. The number of hydrogen-bond acceptors (Lipinski definition) is 0. The van der Waals surface area contributed by atoms with Crippen molar-refractivity contribution in [1.82, 2.24) is 0 Å². The Kier molecular flexibility index (Phi) is 9.33. The maximum Gasteiger partial charge on any atom is -1.00 e. The molecule has 0 saturated heterocycles. The predicted molar refractivity (Wildman–Crippen MR) is 109 cm³/mol. The molecule has 1 atom stereocenters. The minimum absolute atomic E-state index is 0. The summed E-state index contributed by atoms with van der Waals surface area (Å²) in [4.78, 5) is 0. The van der Waals surface area contributed by atoms with Crippen molar-refractivity contribution in [3.63, 3.8) is 0 Å². The fraction of sp³-hybridized carbons (Fsp3) is 0.320. The minimum Gasteiger partial charge on any atom is -1.00 e. The summed E-state index contributed by atoms with van der Waals surface area (Å²) >= 11 is 1.55. The van der Waals surface area contributed by atoms with Crippen molar-refractivity contribution < 1.29 is 49.0 Å². The molecular formula is C25H27Cl2Zr-. The van der Waals surface area contributed by atoms with E-state index in [-0.39, 0.29) is 30.2 Å². The van der Waals surface area contributed by atoms with Gasteiger partial charge in [-0.25, -0.2) is 0 Å². The van der Waals surface area contributed by atoms with Gasteiger partial charge in [-0.3, -0.25) is 0 Å². The van der Waals surface area contributed by atoms with Crippen molar-refractivity contribution in [2.24, 2.45) is 5.41 Å². The van der Waals surface area contributed by atoms with Crippen LogP contribution in [0.3, 0.4) is 0 Å². The van der Waals surface area contributed by atoms with Crippen LogP contribution in [0.2, 0.25) is 0 Å². The number of benzene rings is 2. The summed E-state index contributed by atoms with van der Waals surface area (Å²) in [5.74, 6) is 0.372. The average molecular weight is 490 g/mol. The Hall–Kier alpha value is -0.747. The molecule has 2 aliphatic carbocycles. The zero-order valence-corrected chi connectivity index (χ0v) is 21.2. The van der Waals surface area contributed by atoms with Gasteiger partial charge in [-0.1, -0.05) is 68.3 Å². The monoisotopic (exact) mass is 487 g/mol. The van der Waals surface area contributed by atoms with Crippen LogP contribution in [0.25, 0.3) is 11.1 Å². The normalized spacial score (nSPS) is 16.3. The number of hydrogen-bond donors (Lipinski definition) is 0. The van der Waals surface area contributed by atoms with E-state index in [1.807, 2.05) is 0 Å². The molecular weight excluding hydrogens is 462 g/mol. The van der Waals surface area contributed by atoms with E-state index in [1.165, 1.54) is 31.0 Å². The van der Waals surface area contributed by atoms with E-state index in [0.717, 1.165) is 6.42 Å². The van der Waals surface area contributed by atoms with Crippen LogP contribution in [0.15, 0.2) is 65.8 Å². The van der Waals surface area contributed by atoms with E-state index in [9.17, 15) is 0 Å². The van der Waals surface area contributed by atoms with Gasteiger partial charge < -0.3 is 24.8 Å². The molecule has 0 saturated carbocycles. The molecule has 0 heterocycles. The average Bonchev–Trinajstić information content (AvgIpc) is 3.16. The molecule has 0 spiro atoms. The molecule has 0 aromatic heterocycles. The molecule has 2 aromatic rings. The summed E-state index contributed by atoms with van der Waals surface area (Å²) in [6.07, 6.45) is 5.71. The maximum absolute atomic E-state index is 3.53. The molecule has 3 heteroatoms. The third-order valence-electron chi connectivity index (χ3n) is 4.86. The third-order valence-corrected chi connectivity index (χ3v) is 4.86. The summed E-state index contributed by atoms with van der Waals surface area (Å²) in [5, 5.41) is 0. The Morgan fingerprint density at radius 2 is 1.61 bits per heavy atom. The Bertz CT molecular complexity index is 851. The van der Waals surface area contributed by atoms with Gasteiger partial charge in [0.15, 0.2) is 0 Å². The largest absolute Gasteiger partial charge is 1.00 e. The van der Waals surface area contributed by atoms with Gasteiger partial charge in [0.05, 0.1) is 0 Å². The smallest absolute Gasteiger partial charge is 1.00 e. The number of halogens is 2. The van der Waals surface area contributed by atoms with E-state index in [1.54, 1.807) is 29.8 Å². The maximum atomic E-state index is 3.53. The molecule has 0 bridgehead atoms. The standard InChI is InChI=1S/C22H21.C3H6.2ClH.Zr/c1-22(2,3)20-14-8-13-19(20)21-17-11-6-4-9-15(17)16-10-5-7-12-18(16)21;1-3-2;;;/h4-11,14,21H,13H2,1-3H3;1-2H3;2*1H;/q-1;;;;+2/p-2. The molecule has 4 rings (SSSR count). The van der Waals surface area contributed by atoms with Crippen molar-refractivity contribution in [3.05, 3.63) is 83.0 Å². The van der Waals surface area contributed by atoms with Crippen molar-refractivity contribution >= 4 is 3.21 Å². The first-order valence-corrected chi connectivity index (χ1v) is 10.6. The van der Waals surface area contributed by atoms with Crippen LogP contribution in [-0.4, -0.2) is 3.21 Å². The quantitative estimate of drug-likeness (QED) is 0.517. The summed E-state index contributed by atoms with van der Waals surface area (Å²) in [7, 11) is 0. The summed E-state index contributed by atoms with van der Waals surface area (Å²) in [6.45, 7) is 11.2. The van der Waals surface area contributed by atoms with Gasteiger partial charge in [-0.2, -0.15) is 24.3 Å². The van der Waals surface area contributed by atoms with Crippen LogP contribution < -0.4 is 24.8 Å². The van der Waals surface area contributed by atoms with E-state index in [4.69, 9.17) is 0 Å². The zero-order valence-electron chi connectivity index (χ0n) is 17.2. The van der Waals surface area contributed by atoms with Crippen molar-refractivity contribution in [1.29, 1.82) is 0 Å². The van der Waals surface area contributed by atoms with Gasteiger partial charge in [0.25, 0.3) is 0 Å². The van der Waals surface area contributed by atoms with Crippen LogP contribution in [0.4, 0.5) is 0 Å². The summed E-state index contributed by atoms with van der Waals surface area (Å²) < 4.78 is 1.51. The van der Waals surface area contributed by atoms with E-state index >= 15 is 0 Å². The van der Waals surface area contributed by atoms with E-state index in [2.05, 4.69) is 95.3 Å². The van der Waals surface area contributed by atoms with Gasteiger partial charge in [-0.15, -0.1) is 11.1 Å². The van der Waals surface area contributed by atoms with Crippen molar-refractivity contribution in [2.75, 3.05) is 0 Å². The first-order valence-electron chi connectivity index (χ1n) is 9.32. The number of allylic oxidation sites excluding steroid dienone is 4. The van der Waals surface area contributed by atoms with E-state index in [0.29, 0.717) is 5.92 Å². The molecule has 0 nitrogen and oxygen atoms in total. The summed E-state index contributed by atoms with van der Waals surface area (Å²) in [6, 6.07) is 18.8. The third kappa shape index (κ3) is 5.24.